The van der Waals surface area contributed by atoms with E-state index in [1.807, 2.05) is 30.3 Å². The number of hydrogen-bond acceptors (Lipinski definition) is 3. The Hall–Kier alpha value is -2.27. The summed E-state index contributed by atoms with van der Waals surface area (Å²) in [7, 11) is 1.75. The van der Waals surface area contributed by atoms with Gasteiger partial charge in [0.15, 0.2) is 5.96 Å². The molecule has 26 heavy (non-hydrogen) atoms. The van der Waals surface area contributed by atoms with Crippen LogP contribution in [-0.2, 0) is 17.7 Å². The molecule has 0 amide bonds. The van der Waals surface area contributed by atoms with E-state index in [9.17, 15) is 0 Å². The number of guanidine groups is 1. The third-order valence-electron chi connectivity index (χ3n) is 4.21. The molecule has 5 heteroatoms. The lowest BCUT2D eigenvalue weighted by atomic mass is 9.89. The van der Waals surface area contributed by atoms with Gasteiger partial charge in [-0.15, -0.1) is 0 Å². The molecule has 0 aliphatic heterocycles. The topological polar surface area (TPSA) is 58.8 Å². The first-order valence-corrected chi connectivity index (χ1v) is 9.10. The molecule has 5 nitrogen and oxygen atoms in total. The van der Waals surface area contributed by atoms with Gasteiger partial charge in [0.05, 0.1) is 18.9 Å². The summed E-state index contributed by atoms with van der Waals surface area (Å²) < 4.78 is 11.0. The standard InChI is InChI=1S/C21H31N3O2/c1-21(2,3)19(25-4)16-24-20(22-13-12-18-11-8-14-26-18)23-15-17-9-6-5-7-10-17/h5-11,14,19H,12-13,15-16H2,1-4H3,(H2,22,23,24). The molecule has 0 aliphatic carbocycles. The number of nitrogens with zero attached hydrogens (tertiary/aromatic N) is 1. The van der Waals surface area contributed by atoms with Crippen molar-refractivity contribution in [1.82, 2.24) is 10.6 Å². The number of nitrogens with one attached hydrogen (secondary N) is 2. The van der Waals surface area contributed by atoms with Crippen LogP contribution in [0.3, 0.4) is 0 Å². The summed E-state index contributed by atoms with van der Waals surface area (Å²) in [5, 5.41) is 6.79. The first-order chi connectivity index (χ1) is 12.5. The zero-order chi connectivity index (χ0) is 18.8. The maximum atomic E-state index is 5.63. The van der Waals surface area contributed by atoms with Gasteiger partial charge in [-0.1, -0.05) is 51.1 Å². The lowest BCUT2D eigenvalue weighted by Crippen LogP contribution is -2.45. The largest absolute Gasteiger partial charge is 0.469 e. The summed E-state index contributed by atoms with van der Waals surface area (Å²) in [5.41, 5.74) is 1.24. The maximum Gasteiger partial charge on any atom is 0.191 e. The fraction of sp³-hybridized carbons (Fsp3) is 0.476. The summed E-state index contributed by atoms with van der Waals surface area (Å²) in [6.07, 6.45) is 2.60. The smallest absolute Gasteiger partial charge is 0.191 e. The maximum absolute atomic E-state index is 5.63. The average Bonchev–Trinajstić information content (AvgIpc) is 3.12. The molecular formula is C21H31N3O2. The van der Waals surface area contributed by atoms with Crippen LogP contribution in [0.2, 0.25) is 0 Å². The SMILES string of the molecule is COC(CNC(=NCc1ccccc1)NCCc1ccco1)C(C)(C)C. The molecule has 0 spiro atoms. The molecule has 1 unspecified atom stereocenters. The van der Waals surface area contributed by atoms with Gasteiger partial charge in [0.2, 0.25) is 0 Å². The molecule has 142 valence electrons. The lowest BCUT2D eigenvalue weighted by molar-refractivity contribution is 0.0205. The third kappa shape index (κ3) is 6.92. The minimum Gasteiger partial charge on any atom is -0.469 e. The Morgan fingerprint density at radius 3 is 2.50 bits per heavy atom. The molecule has 1 atom stereocenters. The Kier molecular flexibility index (Phi) is 7.73. The zero-order valence-corrected chi connectivity index (χ0v) is 16.3. The Morgan fingerprint density at radius 2 is 1.88 bits per heavy atom. The predicted octanol–water partition coefficient (Wildman–Crippen LogP) is 3.62. The molecule has 0 fully saturated rings. The molecule has 0 saturated carbocycles. The number of methoxy groups -OCH3 is 1. The summed E-state index contributed by atoms with van der Waals surface area (Å²) in [6, 6.07) is 14.1. The molecule has 0 bridgehead atoms. The van der Waals surface area contributed by atoms with Crippen LogP contribution in [0.15, 0.2) is 58.1 Å². The fourth-order valence-electron chi connectivity index (χ4n) is 2.62. The normalized spacial score (nSPS) is 13.5. The molecule has 0 saturated heterocycles. The van der Waals surface area contributed by atoms with Crippen molar-refractivity contribution in [2.24, 2.45) is 10.4 Å². The van der Waals surface area contributed by atoms with Crippen LogP contribution >= 0.6 is 0 Å². The highest BCUT2D eigenvalue weighted by molar-refractivity contribution is 5.79. The fourth-order valence-corrected chi connectivity index (χ4v) is 2.62. The van der Waals surface area contributed by atoms with Gasteiger partial charge in [-0.25, -0.2) is 4.99 Å². The second-order valence-corrected chi connectivity index (χ2v) is 7.38. The van der Waals surface area contributed by atoms with Crippen molar-refractivity contribution in [3.8, 4) is 0 Å². The lowest BCUT2D eigenvalue weighted by Gasteiger charge is -2.30. The molecule has 1 aromatic heterocycles. The number of rotatable bonds is 8. The van der Waals surface area contributed by atoms with Crippen molar-refractivity contribution >= 4 is 5.96 Å². The number of furan rings is 1. The predicted molar refractivity (Wildman–Crippen MR) is 106 cm³/mol. The molecule has 2 aromatic rings. The summed E-state index contributed by atoms with van der Waals surface area (Å²) in [4.78, 5) is 4.71. The van der Waals surface area contributed by atoms with E-state index in [2.05, 4.69) is 43.5 Å². The zero-order valence-electron chi connectivity index (χ0n) is 16.3. The second-order valence-electron chi connectivity index (χ2n) is 7.38. The van der Waals surface area contributed by atoms with Gasteiger partial charge in [-0.05, 0) is 23.1 Å². The van der Waals surface area contributed by atoms with Crippen molar-refractivity contribution in [3.05, 3.63) is 60.1 Å². The first kappa shape index (κ1) is 20.0. The van der Waals surface area contributed by atoms with E-state index in [1.165, 1.54) is 5.56 Å². The van der Waals surface area contributed by atoms with Crippen LogP contribution in [0.1, 0.15) is 32.1 Å². The van der Waals surface area contributed by atoms with Crippen molar-refractivity contribution in [2.75, 3.05) is 20.2 Å². The minimum absolute atomic E-state index is 0.0560. The van der Waals surface area contributed by atoms with Crippen LogP contribution < -0.4 is 10.6 Å². The van der Waals surface area contributed by atoms with Gasteiger partial charge in [-0.2, -0.15) is 0 Å². The third-order valence-corrected chi connectivity index (χ3v) is 4.21. The Labute approximate surface area is 156 Å². The number of aliphatic imine (C=N–C) groups is 1. The quantitative estimate of drug-likeness (QED) is 0.560. The van der Waals surface area contributed by atoms with E-state index in [0.717, 1.165) is 24.7 Å². The van der Waals surface area contributed by atoms with Crippen LogP contribution in [0.25, 0.3) is 0 Å². The van der Waals surface area contributed by atoms with E-state index < -0.39 is 0 Å². The molecule has 0 radical (unpaired) electrons. The van der Waals surface area contributed by atoms with Gasteiger partial charge in [0.1, 0.15) is 5.76 Å². The number of ether oxygens (including phenoxy) is 1. The van der Waals surface area contributed by atoms with E-state index in [1.54, 1.807) is 13.4 Å². The van der Waals surface area contributed by atoms with Crippen LogP contribution in [-0.4, -0.2) is 32.3 Å². The highest BCUT2D eigenvalue weighted by Gasteiger charge is 2.24. The highest BCUT2D eigenvalue weighted by Crippen LogP contribution is 2.20. The summed E-state index contributed by atoms with van der Waals surface area (Å²) >= 11 is 0. The van der Waals surface area contributed by atoms with Gasteiger partial charge >= 0.3 is 0 Å². The van der Waals surface area contributed by atoms with Gasteiger partial charge in [0.25, 0.3) is 0 Å². The Morgan fingerprint density at radius 1 is 1.12 bits per heavy atom. The van der Waals surface area contributed by atoms with E-state index >= 15 is 0 Å². The van der Waals surface area contributed by atoms with Crippen LogP contribution in [0.5, 0.6) is 0 Å². The Balaban J connectivity index is 1.95. The van der Waals surface area contributed by atoms with Gasteiger partial charge in [0, 0.05) is 26.6 Å². The summed E-state index contributed by atoms with van der Waals surface area (Å²) in [6.45, 7) is 8.60. The van der Waals surface area contributed by atoms with Crippen LogP contribution in [0, 0.1) is 5.41 Å². The minimum atomic E-state index is 0.0560. The van der Waals surface area contributed by atoms with Crippen molar-refractivity contribution < 1.29 is 9.15 Å². The van der Waals surface area contributed by atoms with E-state index in [-0.39, 0.29) is 11.5 Å². The molecule has 0 aliphatic rings. The number of benzene rings is 1. The molecule has 2 N–H and O–H groups in total. The van der Waals surface area contributed by atoms with E-state index in [4.69, 9.17) is 14.1 Å². The molecule has 2 rings (SSSR count). The molecular weight excluding hydrogens is 326 g/mol. The second kappa shape index (κ2) is 10.0. The average molecular weight is 357 g/mol. The van der Waals surface area contributed by atoms with E-state index in [0.29, 0.717) is 13.1 Å². The van der Waals surface area contributed by atoms with Crippen molar-refractivity contribution in [1.29, 1.82) is 0 Å². The first-order valence-electron chi connectivity index (χ1n) is 9.10. The highest BCUT2D eigenvalue weighted by atomic mass is 16.5. The molecule has 1 heterocycles. The number of hydrogen-bond donors (Lipinski definition) is 2. The Bertz CT molecular complexity index is 646. The molecule has 1 aromatic carbocycles. The van der Waals surface area contributed by atoms with Crippen molar-refractivity contribution in [3.63, 3.8) is 0 Å². The van der Waals surface area contributed by atoms with Crippen molar-refractivity contribution in [2.45, 2.75) is 39.8 Å². The summed E-state index contributed by atoms with van der Waals surface area (Å²) in [5.74, 6) is 1.75. The van der Waals surface area contributed by atoms with Crippen LogP contribution in [0.4, 0.5) is 0 Å². The van der Waals surface area contributed by atoms with Gasteiger partial charge in [-0.3, -0.25) is 0 Å². The monoisotopic (exact) mass is 357 g/mol. The van der Waals surface area contributed by atoms with Gasteiger partial charge < -0.3 is 19.8 Å².